The molecule has 5 rings (SSSR count). The number of nitrogens with zero attached hydrogens (tertiary/aromatic N) is 2. The summed E-state index contributed by atoms with van der Waals surface area (Å²) in [6, 6.07) is 26.2. The zero-order chi connectivity index (χ0) is 30.9. The minimum atomic E-state index is -0.484. The van der Waals surface area contributed by atoms with Gasteiger partial charge < -0.3 is 14.4 Å². The van der Waals surface area contributed by atoms with Crippen molar-refractivity contribution in [2.45, 2.75) is 6.54 Å². The summed E-state index contributed by atoms with van der Waals surface area (Å²) in [7, 11) is 2.67. The Balaban J connectivity index is 0.000000296. The van der Waals surface area contributed by atoms with Crippen molar-refractivity contribution in [3.63, 3.8) is 0 Å². The fourth-order valence-electron chi connectivity index (χ4n) is 4.72. The second kappa shape index (κ2) is 15.5. The van der Waals surface area contributed by atoms with Crippen LogP contribution >= 0.6 is 43.5 Å². The topological polar surface area (TPSA) is 59.1 Å². The molecule has 0 radical (unpaired) electrons. The molecule has 1 fully saturated rings. The van der Waals surface area contributed by atoms with Crippen LogP contribution in [-0.2, 0) is 16.0 Å². The van der Waals surface area contributed by atoms with Gasteiger partial charge in [-0.2, -0.15) is 0 Å². The van der Waals surface area contributed by atoms with Crippen molar-refractivity contribution in [3.8, 4) is 11.1 Å². The van der Waals surface area contributed by atoms with Crippen LogP contribution in [0.1, 0.15) is 26.3 Å². The van der Waals surface area contributed by atoms with Crippen LogP contribution in [0.5, 0.6) is 0 Å². The van der Waals surface area contributed by atoms with E-state index in [2.05, 4.69) is 82.8 Å². The molecule has 4 aromatic carbocycles. The van der Waals surface area contributed by atoms with E-state index in [-0.39, 0.29) is 5.97 Å². The van der Waals surface area contributed by atoms with Crippen molar-refractivity contribution in [1.82, 2.24) is 4.90 Å². The number of piperazine rings is 1. The van der Waals surface area contributed by atoms with E-state index >= 15 is 0 Å². The highest BCUT2D eigenvalue weighted by Crippen LogP contribution is 2.28. The maximum absolute atomic E-state index is 12.5. The summed E-state index contributed by atoms with van der Waals surface area (Å²) in [5.41, 5.74) is 5.74. The van der Waals surface area contributed by atoms with Gasteiger partial charge in [0, 0.05) is 52.4 Å². The first kappa shape index (κ1) is 32.7. The Morgan fingerprint density at radius 1 is 0.791 bits per heavy atom. The summed E-state index contributed by atoms with van der Waals surface area (Å²) < 4.78 is 23.0. The Kier molecular flexibility index (Phi) is 11.8. The van der Waals surface area contributed by atoms with E-state index in [1.807, 2.05) is 30.3 Å². The van der Waals surface area contributed by atoms with Gasteiger partial charge in [0.15, 0.2) is 0 Å². The fraction of sp³-hybridized carbons (Fsp3) is 0.212. The van der Waals surface area contributed by atoms with Crippen LogP contribution in [0, 0.1) is 5.82 Å². The Morgan fingerprint density at radius 2 is 1.37 bits per heavy atom. The zero-order valence-electron chi connectivity index (χ0n) is 23.7. The molecule has 1 saturated heterocycles. The van der Waals surface area contributed by atoms with Crippen LogP contribution in [0.3, 0.4) is 0 Å². The van der Waals surface area contributed by atoms with E-state index in [1.165, 1.54) is 49.1 Å². The summed E-state index contributed by atoms with van der Waals surface area (Å²) >= 11 is 12.6. The highest BCUT2D eigenvalue weighted by atomic mass is 79.9. The number of ether oxygens (including phenoxy) is 2. The van der Waals surface area contributed by atoms with E-state index in [9.17, 15) is 14.0 Å². The molecule has 0 amide bonds. The molecule has 10 heteroatoms. The molecule has 4 aromatic rings. The lowest BCUT2D eigenvalue weighted by Crippen LogP contribution is -2.46. The van der Waals surface area contributed by atoms with Gasteiger partial charge in [-0.15, -0.1) is 0 Å². The van der Waals surface area contributed by atoms with Gasteiger partial charge in [-0.25, -0.2) is 14.0 Å². The predicted molar refractivity (Wildman–Crippen MR) is 175 cm³/mol. The molecule has 0 aliphatic carbocycles. The lowest BCUT2D eigenvalue weighted by molar-refractivity contribution is 0.0590. The zero-order valence-corrected chi connectivity index (χ0v) is 27.6. The first-order valence-electron chi connectivity index (χ1n) is 13.4. The van der Waals surface area contributed by atoms with Crippen LogP contribution in [0.15, 0.2) is 93.9 Å². The van der Waals surface area contributed by atoms with Gasteiger partial charge in [0.05, 0.1) is 25.3 Å². The Bertz CT molecular complexity index is 1580. The van der Waals surface area contributed by atoms with E-state index in [4.69, 9.17) is 16.3 Å². The number of halogens is 4. The molecule has 1 aliphatic rings. The molecule has 6 nitrogen and oxygen atoms in total. The number of esters is 2. The number of rotatable bonds is 6. The molecule has 0 spiro atoms. The van der Waals surface area contributed by atoms with E-state index in [0.29, 0.717) is 15.6 Å². The molecular formula is C33H30Br2ClFN2O4. The van der Waals surface area contributed by atoms with Crippen LogP contribution in [0.4, 0.5) is 10.1 Å². The number of carbonyl (C=O) groups is 2. The van der Waals surface area contributed by atoms with Gasteiger partial charge in [0.2, 0.25) is 0 Å². The van der Waals surface area contributed by atoms with Crippen molar-refractivity contribution >= 4 is 61.1 Å². The largest absolute Gasteiger partial charge is 0.465 e. The first-order valence-corrected chi connectivity index (χ1v) is 15.4. The van der Waals surface area contributed by atoms with Gasteiger partial charge in [-0.3, -0.25) is 4.90 Å². The molecule has 1 aliphatic heterocycles. The Morgan fingerprint density at radius 3 is 1.95 bits per heavy atom. The van der Waals surface area contributed by atoms with Gasteiger partial charge in [0.25, 0.3) is 0 Å². The minimum absolute atomic E-state index is 0.318. The second-order valence-corrected chi connectivity index (χ2v) is 11.8. The molecule has 1 heterocycles. The summed E-state index contributed by atoms with van der Waals surface area (Å²) in [5.74, 6) is -1.21. The van der Waals surface area contributed by atoms with Gasteiger partial charge >= 0.3 is 11.9 Å². The molecule has 0 N–H and O–H groups in total. The van der Waals surface area contributed by atoms with Crippen LogP contribution < -0.4 is 4.90 Å². The number of methoxy groups -OCH3 is 2. The average Bonchev–Trinajstić information content (AvgIpc) is 3.02. The fourth-order valence-corrected chi connectivity index (χ4v) is 5.88. The first-order chi connectivity index (χ1) is 20.7. The molecule has 0 bridgehead atoms. The van der Waals surface area contributed by atoms with Crippen molar-refractivity contribution in [2.75, 3.05) is 45.3 Å². The lowest BCUT2D eigenvalue weighted by Gasteiger charge is -2.36. The molecule has 224 valence electrons. The smallest absolute Gasteiger partial charge is 0.339 e. The van der Waals surface area contributed by atoms with E-state index < -0.39 is 11.8 Å². The van der Waals surface area contributed by atoms with Gasteiger partial charge in [-0.1, -0.05) is 48.0 Å². The average molecular weight is 733 g/mol. The standard InChI is InChI=1S/C25H24BrClN2O2.C8H6BrFO2/c1-31-25(30)23-11-10-21(16-24(23)26)29-14-12-28(13-15-29)17-19-4-2-3-5-22(19)18-6-8-20(27)9-7-18;1-12-8(11)6-3-2-5(10)4-7(6)9/h2-11,16H,12-15,17H2,1H3;2-4H,1H3. The molecular weight excluding hydrogens is 703 g/mol. The van der Waals surface area contributed by atoms with Crippen molar-refractivity contribution in [3.05, 3.63) is 121 Å². The molecule has 43 heavy (non-hydrogen) atoms. The maximum Gasteiger partial charge on any atom is 0.339 e. The molecule has 0 atom stereocenters. The monoisotopic (exact) mass is 730 g/mol. The SMILES string of the molecule is COC(=O)c1ccc(F)cc1Br.COC(=O)c1ccc(N2CCN(Cc3ccccc3-c3ccc(Cl)cc3)CC2)cc1Br. The summed E-state index contributed by atoms with van der Waals surface area (Å²) in [6.07, 6.45) is 0. The predicted octanol–water partition coefficient (Wildman–Crippen LogP) is 8.25. The molecule has 0 aromatic heterocycles. The van der Waals surface area contributed by atoms with Crippen molar-refractivity contribution in [1.29, 1.82) is 0 Å². The number of hydrogen-bond acceptors (Lipinski definition) is 6. The normalized spacial score (nSPS) is 13.1. The second-order valence-electron chi connectivity index (χ2n) is 9.70. The minimum Gasteiger partial charge on any atom is -0.465 e. The number of anilines is 1. The van der Waals surface area contributed by atoms with Crippen LogP contribution in [0.2, 0.25) is 5.02 Å². The third-order valence-electron chi connectivity index (χ3n) is 7.00. The number of hydrogen-bond donors (Lipinski definition) is 0. The van der Waals surface area contributed by atoms with Crippen molar-refractivity contribution in [2.24, 2.45) is 0 Å². The van der Waals surface area contributed by atoms with Crippen LogP contribution in [-0.4, -0.2) is 57.2 Å². The van der Waals surface area contributed by atoms with Gasteiger partial charge in [-0.05, 0) is 97.1 Å². The third-order valence-corrected chi connectivity index (χ3v) is 8.56. The highest BCUT2D eigenvalue weighted by molar-refractivity contribution is 9.10. The lowest BCUT2D eigenvalue weighted by atomic mass is 9.99. The molecule has 0 saturated carbocycles. The number of benzene rings is 4. The van der Waals surface area contributed by atoms with E-state index in [0.717, 1.165) is 47.9 Å². The third kappa shape index (κ3) is 8.66. The summed E-state index contributed by atoms with van der Waals surface area (Å²) in [6.45, 7) is 4.74. The summed E-state index contributed by atoms with van der Waals surface area (Å²) in [4.78, 5) is 27.6. The Labute approximate surface area is 272 Å². The molecule has 0 unspecified atom stereocenters. The van der Waals surface area contributed by atoms with E-state index in [1.54, 1.807) is 0 Å². The van der Waals surface area contributed by atoms with Crippen molar-refractivity contribution < 1.29 is 23.5 Å². The number of carbonyl (C=O) groups excluding carboxylic acids is 2. The summed E-state index contributed by atoms with van der Waals surface area (Å²) in [5, 5.41) is 0.753. The Hall–Kier alpha value is -3.24. The maximum atomic E-state index is 12.5. The van der Waals surface area contributed by atoms with Crippen LogP contribution in [0.25, 0.3) is 11.1 Å². The highest BCUT2D eigenvalue weighted by Gasteiger charge is 2.20. The quantitative estimate of drug-likeness (QED) is 0.186. The van der Waals surface area contributed by atoms with Gasteiger partial charge in [0.1, 0.15) is 5.82 Å².